The van der Waals surface area contributed by atoms with Crippen LogP contribution in [0.4, 0.5) is 0 Å². The number of hydrogen-bond donors (Lipinski definition) is 1. The highest BCUT2D eigenvalue weighted by molar-refractivity contribution is 5.14. The molecule has 1 aliphatic rings. The Balaban J connectivity index is 2.20. The molecule has 2 atom stereocenters. The Hall–Kier alpha value is -0.870. The number of likely N-dealkylation sites (tertiary alicyclic amines) is 1. The van der Waals surface area contributed by atoms with Crippen molar-refractivity contribution in [2.24, 2.45) is 0 Å². The van der Waals surface area contributed by atoms with E-state index in [-0.39, 0.29) is 5.54 Å². The molecule has 0 radical (unpaired) electrons. The van der Waals surface area contributed by atoms with Crippen LogP contribution in [-0.2, 0) is 6.54 Å². The third kappa shape index (κ3) is 2.31. The van der Waals surface area contributed by atoms with Crippen molar-refractivity contribution in [3.8, 4) is 0 Å². The van der Waals surface area contributed by atoms with E-state index in [0.717, 1.165) is 31.6 Å². The molecule has 2 heterocycles. The zero-order valence-corrected chi connectivity index (χ0v) is 11.8. The molecule has 0 saturated carbocycles. The van der Waals surface area contributed by atoms with Gasteiger partial charge in [-0.25, -0.2) is 0 Å². The minimum atomic E-state index is -0.458. The molecule has 1 N–H and O–H groups in total. The van der Waals surface area contributed by atoms with Gasteiger partial charge in [-0.1, -0.05) is 6.92 Å². The largest absolute Gasteiger partial charge is 0.386 e. The molecule has 2 unspecified atom stereocenters. The Labute approximate surface area is 110 Å². The second kappa shape index (κ2) is 5.41. The number of aryl methyl sites for hydroxylation is 1. The van der Waals surface area contributed by atoms with Crippen LogP contribution in [0.5, 0.6) is 0 Å². The Kier molecular flexibility index (Phi) is 4.07. The second-order valence-electron chi connectivity index (χ2n) is 5.44. The van der Waals surface area contributed by atoms with E-state index in [1.165, 1.54) is 12.8 Å². The van der Waals surface area contributed by atoms with Crippen molar-refractivity contribution < 1.29 is 5.11 Å². The van der Waals surface area contributed by atoms with Gasteiger partial charge in [0.15, 0.2) is 0 Å². The van der Waals surface area contributed by atoms with Gasteiger partial charge in [-0.05, 0) is 46.2 Å². The fourth-order valence-electron chi connectivity index (χ4n) is 2.87. The Morgan fingerprint density at radius 1 is 1.39 bits per heavy atom. The van der Waals surface area contributed by atoms with Crippen molar-refractivity contribution in [1.29, 1.82) is 0 Å². The Morgan fingerprint density at radius 3 is 2.56 bits per heavy atom. The lowest BCUT2D eigenvalue weighted by Crippen LogP contribution is -2.48. The van der Waals surface area contributed by atoms with Crippen molar-refractivity contribution in [2.75, 3.05) is 13.1 Å². The van der Waals surface area contributed by atoms with Gasteiger partial charge in [0.05, 0.1) is 6.20 Å². The Bertz CT molecular complexity index is 384. The summed E-state index contributed by atoms with van der Waals surface area (Å²) in [5.74, 6) is 0. The van der Waals surface area contributed by atoms with Crippen LogP contribution >= 0.6 is 0 Å². The summed E-state index contributed by atoms with van der Waals surface area (Å²) in [6.07, 6.45) is 6.76. The maximum absolute atomic E-state index is 10.7. The third-order valence-electron chi connectivity index (χ3n) is 4.43. The van der Waals surface area contributed by atoms with Crippen LogP contribution in [0.15, 0.2) is 12.4 Å². The van der Waals surface area contributed by atoms with Gasteiger partial charge in [0, 0.05) is 23.8 Å². The number of aliphatic hydroxyl groups is 1. The van der Waals surface area contributed by atoms with Gasteiger partial charge in [-0.2, -0.15) is 5.10 Å². The molecule has 0 aliphatic carbocycles. The number of aromatic nitrogens is 2. The zero-order valence-electron chi connectivity index (χ0n) is 11.8. The number of rotatable bonds is 5. The molecule has 18 heavy (non-hydrogen) atoms. The van der Waals surface area contributed by atoms with Gasteiger partial charge in [0.2, 0.25) is 0 Å². The van der Waals surface area contributed by atoms with Gasteiger partial charge in [0.1, 0.15) is 6.10 Å². The molecule has 1 saturated heterocycles. The van der Waals surface area contributed by atoms with Crippen LogP contribution < -0.4 is 0 Å². The van der Waals surface area contributed by atoms with Crippen molar-refractivity contribution in [2.45, 2.75) is 58.2 Å². The average molecular weight is 251 g/mol. The quantitative estimate of drug-likeness (QED) is 0.872. The minimum Gasteiger partial charge on any atom is -0.386 e. The summed E-state index contributed by atoms with van der Waals surface area (Å²) in [6.45, 7) is 9.44. The zero-order chi connectivity index (χ0) is 13.2. The van der Waals surface area contributed by atoms with Gasteiger partial charge in [-0.15, -0.1) is 0 Å². The minimum absolute atomic E-state index is 0.169. The van der Waals surface area contributed by atoms with Gasteiger partial charge >= 0.3 is 0 Å². The van der Waals surface area contributed by atoms with Crippen molar-refractivity contribution in [3.05, 3.63) is 18.0 Å². The predicted molar refractivity (Wildman–Crippen MR) is 72.4 cm³/mol. The first-order chi connectivity index (χ1) is 8.61. The van der Waals surface area contributed by atoms with E-state index in [1.807, 2.05) is 10.9 Å². The third-order valence-corrected chi connectivity index (χ3v) is 4.43. The summed E-state index contributed by atoms with van der Waals surface area (Å²) in [4.78, 5) is 2.43. The van der Waals surface area contributed by atoms with Gasteiger partial charge in [0.25, 0.3) is 0 Å². The molecule has 4 heteroatoms. The molecule has 0 amide bonds. The molecule has 4 nitrogen and oxygen atoms in total. The number of nitrogens with zero attached hydrogens (tertiary/aromatic N) is 3. The van der Waals surface area contributed by atoms with E-state index in [0.29, 0.717) is 0 Å². The van der Waals surface area contributed by atoms with E-state index in [1.54, 1.807) is 6.20 Å². The standard InChI is InChI=1S/C14H25N3O/c1-4-14(3,16-8-6-7-9-16)13(18)12-10-15-17(5-2)11-12/h10-11,13,18H,4-9H2,1-3H3. The normalized spacial score (nSPS) is 22.0. The second-order valence-corrected chi connectivity index (χ2v) is 5.44. The summed E-state index contributed by atoms with van der Waals surface area (Å²) < 4.78 is 1.87. The maximum atomic E-state index is 10.7. The predicted octanol–water partition coefficient (Wildman–Crippen LogP) is 2.20. The smallest absolute Gasteiger partial charge is 0.100 e. The lowest BCUT2D eigenvalue weighted by Gasteiger charge is -2.41. The van der Waals surface area contributed by atoms with E-state index in [4.69, 9.17) is 0 Å². The molecule has 1 aromatic heterocycles. The average Bonchev–Trinajstić information content (AvgIpc) is 3.07. The monoisotopic (exact) mass is 251 g/mol. The summed E-state index contributed by atoms with van der Waals surface area (Å²) in [6, 6.07) is 0. The first-order valence-electron chi connectivity index (χ1n) is 7.07. The van der Waals surface area contributed by atoms with Gasteiger partial charge < -0.3 is 5.11 Å². The first-order valence-corrected chi connectivity index (χ1v) is 7.07. The van der Waals surface area contributed by atoms with Crippen molar-refractivity contribution >= 4 is 0 Å². The van der Waals surface area contributed by atoms with Crippen LogP contribution in [0.25, 0.3) is 0 Å². The highest BCUT2D eigenvalue weighted by atomic mass is 16.3. The lowest BCUT2D eigenvalue weighted by atomic mass is 9.86. The molecular formula is C14H25N3O. The SMILES string of the molecule is CCn1cc(C(O)C(C)(CC)N2CCCC2)cn1. The molecule has 1 aliphatic heterocycles. The number of hydrogen-bond acceptors (Lipinski definition) is 3. The van der Waals surface area contributed by atoms with E-state index < -0.39 is 6.10 Å². The molecular weight excluding hydrogens is 226 g/mol. The molecule has 0 aromatic carbocycles. The molecule has 1 fully saturated rings. The fraction of sp³-hybridized carbons (Fsp3) is 0.786. The van der Waals surface area contributed by atoms with E-state index >= 15 is 0 Å². The maximum Gasteiger partial charge on any atom is 0.100 e. The van der Waals surface area contributed by atoms with Gasteiger partial charge in [-0.3, -0.25) is 9.58 Å². The first kappa shape index (κ1) is 13.6. The van der Waals surface area contributed by atoms with Crippen LogP contribution in [0.3, 0.4) is 0 Å². The molecule has 2 rings (SSSR count). The number of aliphatic hydroxyl groups excluding tert-OH is 1. The highest BCUT2D eigenvalue weighted by Gasteiger charge is 2.39. The Morgan fingerprint density at radius 2 is 2.06 bits per heavy atom. The fourth-order valence-corrected chi connectivity index (χ4v) is 2.87. The van der Waals surface area contributed by atoms with E-state index in [9.17, 15) is 5.11 Å². The van der Waals surface area contributed by atoms with Crippen LogP contribution in [-0.4, -0.2) is 38.4 Å². The molecule has 0 spiro atoms. The molecule has 1 aromatic rings. The molecule has 0 bridgehead atoms. The summed E-state index contributed by atoms with van der Waals surface area (Å²) in [5, 5.41) is 15.0. The van der Waals surface area contributed by atoms with E-state index in [2.05, 4.69) is 30.8 Å². The van der Waals surface area contributed by atoms with Crippen LogP contribution in [0.1, 0.15) is 51.7 Å². The topological polar surface area (TPSA) is 41.3 Å². The van der Waals surface area contributed by atoms with Crippen LogP contribution in [0.2, 0.25) is 0 Å². The summed E-state index contributed by atoms with van der Waals surface area (Å²) in [5.41, 5.74) is 0.770. The van der Waals surface area contributed by atoms with Crippen molar-refractivity contribution in [3.63, 3.8) is 0 Å². The van der Waals surface area contributed by atoms with Crippen molar-refractivity contribution in [1.82, 2.24) is 14.7 Å². The highest BCUT2D eigenvalue weighted by Crippen LogP contribution is 2.36. The molecule has 102 valence electrons. The lowest BCUT2D eigenvalue weighted by molar-refractivity contribution is -0.0140. The summed E-state index contributed by atoms with van der Waals surface area (Å²) in [7, 11) is 0. The van der Waals surface area contributed by atoms with Crippen LogP contribution in [0, 0.1) is 0 Å². The summed E-state index contributed by atoms with van der Waals surface area (Å²) >= 11 is 0.